The van der Waals surface area contributed by atoms with E-state index in [2.05, 4.69) is 29.1 Å². The van der Waals surface area contributed by atoms with Gasteiger partial charge in [0.1, 0.15) is 6.54 Å². The topological polar surface area (TPSA) is 79.5 Å². The molecule has 0 radical (unpaired) electrons. The molecule has 21 heavy (non-hydrogen) atoms. The second-order valence-corrected chi connectivity index (χ2v) is 4.61. The molecule has 5 nitrogen and oxygen atoms in total. The van der Waals surface area contributed by atoms with Crippen LogP contribution in [0.2, 0.25) is 0 Å². The number of amides is 1. The zero-order valence-electron chi connectivity index (χ0n) is 12.5. The first kappa shape index (κ1) is 19.4. The Hall–Kier alpha value is -1.57. The Kier molecular flexibility index (Phi) is 9.44. The van der Waals surface area contributed by atoms with Gasteiger partial charge in [0.25, 0.3) is 0 Å². The van der Waals surface area contributed by atoms with Crippen molar-refractivity contribution in [1.82, 2.24) is 5.32 Å². The first-order valence-electron chi connectivity index (χ1n) is 6.58. The van der Waals surface area contributed by atoms with E-state index >= 15 is 0 Å². The van der Waals surface area contributed by atoms with Crippen LogP contribution in [0.3, 0.4) is 0 Å². The summed E-state index contributed by atoms with van der Waals surface area (Å²) in [5, 5.41) is 5.66. The van der Waals surface area contributed by atoms with Gasteiger partial charge in [-0.15, -0.1) is 24.0 Å². The maximum absolute atomic E-state index is 11.7. The van der Waals surface area contributed by atoms with E-state index in [1.165, 1.54) is 5.56 Å². The predicted molar refractivity (Wildman–Crippen MR) is 99.2 cm³/mol. The van der Waals surface area contributed by atoms with Crippen molar-refractivity contribution in [2.45, 2.75) is 20.3 Å². The Morgan fingerprint density at radius 2 is 2.14 bits per heavy atom. The molecule has 4 N–H and O–H groups in total. The molecule has 0 aliphatic carbocycles. The fourth-order valence-electron chi connectivity index (χ4n) is 1.52. The summed E-state index contributed by atoms with van der Waals surface area (Å²) < 4.78 is 0. The second kappa shape index (κ2) is 10.2. The molecule has 0 bridgehead atoms. The SMILES string of the molecule is C=C(C)CNC(N)=NCC(=O)Nc1cccc(CC)c1.I. The molecule has 1 rings (SSSR count). The van der Waals surface area contributed by atoms with Crippen LogP contribution in [0.25, 0.3) is 0 Å². The van der Waals surface area contributed by atoms with Gasteiger partial charge in [-0.25, -0.2) is 4.99 Å². The van der Waals surface area contributed by atoms with Crippen LogP contribution in [0, 0.1) is 0 Å². The number of nitrogens with zero attached hydrogens (tertiary/aromatic N) is 1. The van der Waals surface area contributed by atoms with Gasteiger partial charge in [0.05, 0.1) is 0 Å². The molecule has 0 aliphatic heterocycles. The summed E-state index contributed by atoms with van der Waals surface area (Å²) in [7, 11) is 0. The molecule has 0 unspecified atom stereocenters. The summed E-state index contributed by atoms with van der Waals surface area (Å²) in [6.07, 6.45) is 0.930. The lowest BCUT2D eigenvalue weighted by Gasteiger charge is -2.07. The summed E-state index contributed by atoms with van der Waals surface area (Å²) in [5.41, 5.74) is 8.53. The molecule has 0 spiro atoms. The molecule has 1 aromatic carbocycles. The van der Waals surface area contributed by atoms with Gasteiger partial charge in [0.2, 0.25) is 5.91 Å². The van der Waals surface area contributed by atoms with E-state index in [0.717, 1.165) is 17.7 Å². The van der Waals surface area contributed by atoms with E-state index < -0.39 is 0 Å². The molecule has 1 amide bonds. The maximum atomic E-state index is 11.7. The zero-order chi connectivity index (χ0) is 15.0. The number of carbonyl (C=O) groups is 1. The predicted octanol–water partition coefficient (Wildman–Crippen LogP) is 2.29. The summed E-state index contributed by atoms with van der Waals surface area (Å²) in [5.74, 6) is 0.0452. The van der Waals surface area contributed by atoms with Crippen LogP contribution in [0.5, 0.6) is 0 Å². The highest BCUT2D eigenvalue weighted by Gasteiger charge is 2.02. The Balaban J connectivity index is 0.00000400. The minimum Gasteiger partial charge on any atom is -0.370 e. The average Bonchev–Trinajstić information content (AvgIpc) is 2.43. The van der Waals surface area contributed by atoms with Gasteiger partial charge in [-0.2, -0.15) is 0 Å². The molecule has 6 heteroatoms. The number of rotatable bonds is 6. The average molecular weight is 402 g/mol. The minimum atomic E-state index is -0.196. The van der Waals surface area contributed by atoms with Gasteiger partial charge in [-0.05, 0) is 31.0 Å². The molecule has 0 aliphatic rings. The number of hydrogen-bond acceptors (Lipinski definition) is 2. The Morgan fingerprint density at radius 3 is 2.76 bits per heavy atom. The van der Waals surface area contributed by atoms with E-state index in [4.69, 9.17) is 5.73 Å². The normalized spacial score (nSPS) is 10.5. The fraction of sp³-hybridized carbons (Fsp3) is 0.333. The number of anilines is 1. The van der Waals surface area contributed by atoms with Crippen LogP contribution in [0.15, 0.2) is 41.4 Å². The molecule has 116 valence electrons. The third kappa shape index (κ3) is 8.34. The highest BCUT2D eigenvalue weighted by atomic mass is 127. The lowest BCUT2D eigenvalue weighted by atomic mass is 10.1. The summed E-state index contributed by atoms with van der Waals surface area (Å²) in [4.78, 5) is 15.7. The van der Waals surface area contributed by atoms with E-state index in [1.807, 2.05) is 31.2 Å². The van der Waals surface area contributed by atoms with E-state index in [-0.39, 0.29) is 42.4 Å². The first-order valence-corrected chi connectivity index (χ1v) is 6.58. The lowest BCUT2D eigenvalue weighted by molar-refractivity contribution is -0.114. The van der Waals surface area contributed by atoms with E-state index in [0.29, 0.717) is 6.54 Å². The number of nitrogens with one attached hydrogen (secondary N) is 2. The number of guanidine groups is 1. The molecular weight excluding hydrogens is 379 g/mol. The number of halogens is 1. The van der Waals surface area contributed by atoms with Crippen LogP contribution < -0.4 is 16.4 Å². The van der Waals surface area contributed by atoms with Crippen LogP contribution in [0.1, 0.15) is 19.4 Å². The number of aryl methyl sites for hydroxylation is 1. The number of nitrogens with two attached hydrogens (primary N) is 1. The van der Waals surface area contributed by atoms with E-state index in [9.17, 15) is 4.79 Å². The third-order valence-corrected chi connectivity index (χ3v) is 2.58. The van der Waals surface area contributed by atoms with Crippen molar-refractivity contribution < 1.29 is 4.79 Å². The summed E-state index contributed by atoms with van der Waals surface area (Å²) in [6, 6.07) is 7.74. The van der Waals surface area contributed by atoms with Gasteiger partial charge in [-0.3, -0.25) is 4.79 Å². The standard InChI is InChI=1S/C15H22N4O.HI/c1-4-12-6-5-7-13(8-12)19-14(20)10-18-15(16)17-9-11(2)3;/h5-8H,2,4,9-10H2,1,3H3,(H,19,20)(H3,16,17,18);1H. The van der Waals surface area contributed by atoms with Crippen molar-refractivity contribution in [3.05, 3.63) is 42.0 Å². The largest absolute Gasteiger partial charge is 0.370 e. The van der Waals surface area contributed by atoms with Crippen molar-refractivity contribution >= 4 is 41.5 Å². The molecule has 0 atom stereocenters. The van der Waals surface area contributed by atoms with Gasteiger partial charge in [0.15, 0.2) is 5.96 Å². The van der Waals surface area contributed by atoms with E-state index in [1.54, 1.807) is 0 Å². The van der Waals surface area contributed by atoms with Crippen molar-refractivity contribution in [2.24, 2.45) is 10.7 Å². The molecular formula is C15H23IN4O. The van der Waals surface area contributed by atoms with Crippen LogP contribution in [-0.2, 0) is 11.2 Å². The van der Waals surface area contributed by atoms with Gasteiger partial charge in [0, 0.05) is 12.2 Å². The Morgan fingerprint density at radius 1 is 1.43 bits per heavy atom. The fourth-order valence-corrected chi connectivity index (χ4v) is 1.52. The highest BCUT2D eigenvalue weighted by Crippen LogP contribution is 2.10. The van der Waals surface area contributed by atoms with Crippen molar-refractivity contribution in [3.8, 4) is 0 Å². The molecule has 1 aromatic rings. The van der Waals surface area contributed by atoms with Crippen LogP contribution in [0.4, 0.5) is 5.69 Å². The molecule has 0 saturated carbocycles. The van der Waals surface area contributed by atoms with Crippen LogP contribution >= 0.6 is 24.0 Å². The lowest BCUT2D eigenvalue weighted by Crippen LogP contribution is -2.33. The Labute approximate surface area is 143 Å². The molecule has 0 fully saturated rings. The van der Waals surface area contributed by atoms with Gasteiger partial charge >= 0.3 is 0 Å². The smallest absolute Gasteiger partial charge is 0.246 e. The number of aliphatic imine (C=N–C) groups is 1. The number of hydrogen-bond donors (Lipinski definition) is 3. The van der Waals surface area contributed by atoms with Gasteiger partial charge in [-0.1, -0.05) is 31.2 Å². The Bertz CT molecular complexity index is 514. The number of benzene rings is 1. The minimum absolute atomic E-state index is 0. The zero-order valence-corrected chi connectivity index (χ0v) is 14.8. The number of carbonyl (C=O) groups excluding carboxylic acids is 1. The molecule has 0 heterocycles. The quantitative estimate of drug-likeness (QED) is 0.296. The van der Waals surface area contributed by atoms with Crippen molar-refractivity contribution in [3.63, 3.8) is 0 Å². The maximum Gasteiger partial charge on any atom is 0.246 e. The first-order chi connectivity index (χ1) is 9.51. The highest BCUT2D eigenvalue weighted by molar-refractivity contribution is 14.0. The monoisotopic (exact) mass is 402 g/mol. The van der Waals surface area contributed by atoms with Crippen LogP contribution in [-0.4, -0.2) is 25.0 Å². The van der Waals surface area contributed by atoms with Gasteiger partial charge < -0.3 is 16.4 Å². The molecule has 0 aromatic heterocycles. The van der Waals surface area contributed by atoms with Crippen molar-refractivity contribution in [2.75, 3.05) is 18.4 Å². The van der Waals surface area contributed by atoms with Crippen molar-refractivity contribution in [1.29, 1.82) is 0 Å². The molecule has 0 saturated heterocycles. The second-order valence-electron chi connectivity index (χ2n) is 4.61. The summed E-state index contributed by atoms with van der Waals surface area (Å²) in [6.45, 7) is 8.24. The summed E-state index contributed by atoms with van der Waals surface area (Å²) >= 11 is 0. The third-order valence-electron chi connectivity index (χ3n) is 2.58.